The van der Waals surface area contributed by atoms with E-state index in [1.807, 2.05) is 21.8 Å². The van der Waals surface area contributed by atoms with Gasteiger partial charge in [0.1, 0.15) is 0 Å². The van der Waals surface area contributed by atoms with Crippen LogP contribution in [0.4, 0.5) is 0 Å². The Morgan fingerprint density at radius 3 is 2.53 bits per heavy atom. The summed E-state index contributed by atoms with van der Waals surface area (Å²) < 4.78 is 3.92. The first kappa shape index (κ1) is 13.8. The van der Waals surface area contributed by atoms with Crippen molar-refractivity contribution in [2.24, 2.45) is 0 Å². The van der Waals surface area contributed by atoms with Gasteiger partial charge in [-0.15, -0.1) is 0 Å². The summed E-state index contributed by atoms with van der Waals surface area (Å²) in [5.41, 5.74) is 4.27. The fourth-order valence-corrected chi connectivity index (χ4v) is 2.42. The lowest BCUT2D eigenvalue weighted by Crippen LogP contribution is -2.06. The topological polar surface area (TPSA) is 55.9 Å². The average molecular weight is 262 g/mol. The lowest BCUT2D eigenvalue weighted by Gasteiger charge is -2.05. The summed E-state index contributed by atoms with van der Waals surface area (Å²) in [6, 6.07) is 0. The molecule has 0 radical (unpaired) electrons. The van der Waals surface area contributed by atoms with Crippen molar-refractivity contribution in [2.75, 3.05) is 0 Å². The van der Waals surface area contributed by atoms with Crippen molar-refractivity contribution in [3.63, 3.8) is 0 Å². The molecule has 0 amide bonds. The van der Waals surface area contributed by atoms with Crippen molar-refractivity contribution in [3.8, 4) is 0 Å². The Hall–Kier alpha value is -1.62. The van der Waals surface area contributed by atoms with E-state index in [-0.39, 0.29) is 6.61 Å². The molecule has 5 nitrogen and oxygen atoms in total. The minimum atomic E-state index is 0.0700. The Kier molecular flexibility index (Phi) is 4.37. The SMILES string of the molecule is CCc1nn(Cc2cnn(CC)c2)c(CC)c1CO. The van der Waals surface area contributed by atoms with E-state index < -0.39 is 0 Å². The van der Waals surface area contributed by atoms with Gasteiger partial charge >= 0.3 is 0 Å². The highest BCUT2D eigenvalue weighted by atomic mass is 16.3. The van der Waals surface area contributed by atoms with Gasteiger partial charge in [-0.05, 0) is 19.8 Å². The van der Waals surface area contributed by atoms with E-state index in [2.05, 4.69) is 31.0 Å². The van der Waals surface area contributed by atoms with Crippen LogP contribution in [0.15, 0.2) is 12.4 Å². The Morgan fingerprint density at radius 1 is 1.21 bits per heavy atom. The molecule has 2 rings (SSSR count). The second-order valence-electron chi connectivity index (χ2n) is 4.60. The van der Waals surface area contributed by atoms with Gasteiger partial charge in [0.15, 0.2) is 0 Å². The maximum absolute atomic E-state index is 9.51. The Bertz CT molecular complexity index is 542. The van der Waals surface area contributed by atoms with Gasteiger partial charge < -0.3 is 5.11 Å². The van der Waals surface area contributed by atoms with Crippen molar-refractivity contribution in [1.29, 1.82) is 0 Å². The third-order valence-electron chi connectivity index (χ3n) is 3.42. The van der Waals surface area contributed by atoms with E-state index in [9.17, 15) is 5.11 Å². The van der Waals surface area contributed by atoms with Crippen molar-refractivity contribution in [2.45, 2.75) is 53.3 Å². The summed E-state index contributed by atoms with van der Waals surface area (Å²) in [5, 5.41) is 18.4. The van der Waals surface area contributed by atoms with Gasteiger partial charge in [0.2, 0.25) is 0 Å². The van der Waals surface area contributed by atoms with Crippen molar-refractivity contribution in [3.05, 3.63) is 34.9 Å². The van der Waals surface area contributed by atoms with E-state index >= 15 is 0 Å². The average Bonchev–Trinajstić information content (AvgIpc) is 3.02. The monoisotopic (exact) mass is 262 g/mol. The van der Waals surface area contributed by atoms with Gasteiger partial charge in [0.05, 0.1) is 25.0 Å². The summed E-state index contributed by atoms with van der Waals surface area (Å²) >= 11 is 0. The highest BCUT2D eigenvalue weighted by Gasteiger charge is 2.15. The molecule has 104 valence electrons. The molecule has 19 heavy (non-hydrogen) atoms. The fraction of sp³-hybridized carbons (Fsp3) is 0.571. The zero-order valence-corrected chi connectivity index (χ0v) is 11.9. The number of nitrogens with zero attached hydrogens (tertiary/aromatic N) is 4. The number of aliphatic hydroxyl groups excluding tert-OH is 1. The van der Waals surface area contributed by atoms with Gasteiger partial charge in [-0.1, -0.05) is 13.8 Å². The minimum absolute atomic E-state index is 0.0700. The zero-order valence-electron chi connectivity index (χ0n) is 11.9. The summed E-state index contributed by atoms with van der Waals surface area (Å²) in [7, 11) is 0. The minimum Gasteiger partial charge on any atom is -0.392 e. The van der Waals surface area contributed by atoms with Gasteiger partial charge in [-0.3, -0.25) is 9.36 Å². The van der Waals surface area contributed by atoms with Crippen LogP contribution in [-0.2, 0) is 32.5 Å². The van der Waals surface area contributed by atoms with Crippen molar-refractivity contribution in [1.82, 2.24) is 19.6 Å². The van der Waals surface area contributed by atoms with Crippen LogP contribution in [-0.4, -0.2) is 24.7 Å². The normalized spacial score (nSPS) is 11.2. The fourth-order valence-electron chi connectivity index (χ4n) is 2.42. The number of rotatable bonds is 6. The maximum atomic E-state index is 9.51. The predicted octanol–water partition coefficient (Wildman–Crippen LogP) is 1.76. The summed E-state index contributed by atoms with van der Waals surface area (Å²) in [6.07, 6.45) is 5.66. The number of aliphatic hydroxyl groups is 1. The first-order valence-electron chi connectivity index (χ1n) is 6.93. The highest BCUT2D eigenvalue weighted by Crippen LogP contribution is 2.17. The summed E-state index contributed by atoms with van der Waals surface area (Å²) in [5.74, 6) is 0. The molecule has 0 saturated heterocycles. The molecule has 0 aliphatic heterocycles. The van der Waals surface area contributed by atoms with Crippen LogP contribution in [0, 0.1) is 0 Å². The van der Waals surface area contributed by atoms with Crippen LogP contribution in [0.3, 0.4) is 0 Å². The molecular formula is C14H22N4O. The molecule has 2 heterocycles. The largest absolute Gasteiger partial charge is 0.392 e. The summed E-state index contributed by atoms with van der Waals surface area (Å²) in [6.45, 7) is 7.90. The van der Waals surface area contributed by atoms with Gasteiger partial charge in [-0.25, -0.2) is 0 Å². The smallest absolute Gasteiger partial charge is 0.0718 e. The maximum Gasteiger partial charge on any atom is 0.0718 e. The molecular weight excluding hydrogens is 240 g/mol. The molecule has 0 fully saturated rings. The van der Waals surface area contributed by atoms with Crippen molar-refractivity contribution >= 4 is 0 Å². The van der Waals surface area contributed by atoms with Crippen molar-refractivity contribution < 1.29 is 5.11 Å². The molecule has 0 saturated carbocycles. The molecule has 0 aliphatic rings. The van der Waals surface area contributed by atoms with Crippen LogP contribution >= 0.6 is 0 Å². The molecule has 0 spiro atoms. The molecule has 2 aromatic rings. The van der Waals surface area contributed by atoms with Crippen LogP contribution in [0.2, 0.25) is 0 Å². The van der Waals surface area contributed by atoms with E-state index in [0.29, 0.717) is 0 Å². The second-order valence-corrected chi connectivity index (χ2v) is 4.60. The molecule has 0 bridgehead atoms. The third-order valence-corrected chi connectivity index (χ3v) is 3.42. The molecule has 0 unspecified atom stereocenters. The van der Waals surface area contributed by atoms with Crippen LogP contribution < -0.4 is 0 Å². The lowest BCUT2D eigenvalue weighted by molar-refractivity contribution is 0.279. The lowest BCUT2D eigenvalue weighted by atomic mass is 10.1. The first-order valence-corrected chi connectivity index (χ1v) is 6.93. The Labute approximate surface area is 113 Å². The van der Waals surface area contributed by atoms with E-state index in [1.165, 1.54) is 0 Å². The van der Waals surface area contributed by atoms with E-state index in [0.717, 1.165) is 48.4 Å². The molecule has 5 heteroatoms. The van der Waals surface area contributed by atoms with Gasteiger partial charge in [0.25, 0.3) is 0 Å². The number of hydrogen-bond donors (Lipinski definition) is 1. The molecule has 1 N–H and O–H groups in total. The standard InChI is InChI=1S/C14H22N4O/c1-4-13-12(10-19)14(5-2)18(16-13)9-11-7-15-17(6-3)8-11/h7-8,19H,4-6,9-10H2,1-3H3. The Morgan fingerprint density at radius 2 is 2.00 bits per heavy atom. The van der Waals surface area contributed by atoms with E-state index in [4.69, 9.17) is 0 Å². The number of aromatic nitrogens is 4. The quantitative estimate of drug-likeness (QED) is 0.863. The van der Waals surface area contributed by atoms with Gasteiger partial charge in [0, 0.05) is 29.6 Å². The molecule has 0 aliphatic carbocycles. The van der Waals surface area contributed by atoms with E-state index in [1.54, 1.807) is 0 Å². The van der Waals surface area contributed by atoms with Crippen LogP contribution in [0.25, 0.3) is 0 Å². The third kappa shape index (κ3) is 2.71. The first-order chi connectivity index (χ1) is 9.23. The van der Waals surface area contributed by atoms with Crippen LogP contribution in [0.1, 0.15) is 43.3 Å². The predicted molar refractivity (Wildman–Crippen MR) is 73.9 cm³/mol. The number of hydrogen-bond acceptors (Lipinski definition) is 3. The zero-order chi connectivity index (χ0) is 13.8. The van der Waals surface area contributed by atoms with Crippen LogP contribution in [0.5, 0.6) is 0 Å². The molecule has 2 aromatic heterocycles. The van der Waals surface area contributed by atoms with Gasteiger partial charge in [-0.2, -0.15) is 10.2 Å². The highest BCUT2D eigenvalue weighted by molar-refractivity contribution is 5.26. The molecule has 0 aromatic carbocycles. The second kappa shape index (κ2) is 6.02. The number of aryl methyl sites for hydroxylation is 2. The Balaban J connectivity index is 2.31. The molecule has 0 atom stereocenters. The summed E-state index contributed by atoms with van der Waals surface area (Å²) in [4.78, 5) is 0.